The van der Waals surface area contributed by atoms with Crippen molar-refractivity contribution in [1.29, 1.82) is 0 Å². The third kappa shape index (κ3) is 3.72. The summed E-state index contributed by atoms with van der Waals surface area (Å²) in [4.78, 5) is 10.6. The van der Waals surface area contributed by atoms with Crippen molar-refractivity contribution >= 4 is 5.97 Å². The summed E-state index contributed by atoms with van der Waals surface area (Å²) in [6.45, 7) is 6.35. The average molecular weight is 173 g/mol. The van der Waals surface area contributed by atoms with Crippen molar-refractivity contribution in [3.8, 4) is 0 Å². The van der Waals surface area contributed by atoms with Crippen LogP contribution in [0.4, 0.5) is 0 Å². The van der Waals surface area contributed by atoms with Gasteiger partial charge in [-0.15, -0.1) is 0 Å². The van der Waals surface area contributed by atoms with E-state index in [0.29, 0.717) is 12.5 Å². The SMILES string of the molecule is CC(C)C[C@@H](CN)[C@H](C)C(=O)O. The Labute approximate surface area is 74.0 Å². The van der Waals surface area contributed by atoms with Crippen LogP contribution in [0.3, 0.4) is 0 Å². The van der Waals surface area contributed by atoms with Gasteiger partial charge in [0.15, 0.2) is 0 Å². The Morgan fingerprint density at radius 3 is 2.17 bits per heavy atom. The number of carboxylic acids is 1. The molecule has 0 fully saturated rings. The van der Waals surface area contributed by atoms with Crippen molar-refractivity contribution in [1.82, 2.24) is 0 Å². The molecule has 0 aromatic heterocycles. The summed E-state index contributed by atoms with van der Waals surface area (Å²) in [7, 11) is 0. The highest BCUT2D eigenvalue weighted by Crippen LogP contribution is 2.19. The molecule has 0 aliphatic heterocycles. The van der Waals surface area contributed by atoms with E-state index in [4.69, 9.17) is 10.8 Å². The first-order valence-corrected chi connectivity index (χ1v) is 4.41. The van der Waals surface area contributed by atoms with Gasteiger partial charge in [-0.25, -0.2) is 0 Å². The summed E-state index contributed by atoms with van der Waals surface area (Å²) in [5.74, 6) is -0.439. The molecule has 12 heavy (non-hydrogen) atoms. The number of aliphatic carboxylic acids is 1. The summed E-state index contributed by atoms with van der Waals surface area (Å²) < 4.78 is 0. The van der Waals surface area contributed by atoms with E-state index in [1.54, 1.807) is 6.92 Å². The molecule has 0 saturated heterocycles. The van der Waals surface area contributed by atoms with Crippen molar-refractivity contribution in [2.45, 2.75) is 27.2 Å². The zero-order valence-corrected chi connectivity index (χ0v) is 8.08. The first kappa shape index (κ1) is 11.4. The number of carbonyl (C=O) groups is 1. The number of nitrogens with two attached hydrogens (primary N) is 1. The minimum Gasteiger partial charge on any atom is -0.481 e. The van der Waals surface area contributed by atoms with Crippen LogP contribution < -0.4 is 5.73 Å². The first-order chi connectivity index (χ1) is 5.49. The van der Waals surface area contributed by atoms with E-state index in [0.717, 1.165) is 6.42 Å². The van der Waals surface area contributed by atoms with Gasteiger partial charge in [0.25, 0.3) is 0 Å². The van der Waals surface area contributed by atoms with E-state index < -0.39 is 5.97 Å². The lowest BCUT2D eigenvalue weighted by Crippen LogP contribution is -2.28. The van der Waals surface area contributed by atoms with Crippen molar-refractivity contribution in [2.24, 2.45) is 23.5 Å². The van der Waals surface area contributed by atoms with Crippen molar-refractivity contribution < 1.29 is 9.90 Å². The maximum absolute atomic E-state index is 10.6. The van der Waals surface area contributed by atoms with E-state index in [9.17, 15) is 4.79 Å². The Bertz CT molecular complexity index is 145. The minimum atomic E-state index is -0.744. The van der Waals surface area contributed by atoms with Gasteiger partial charge in [0, 0.05) is 0 Å². The van der Waals surface area contributed by atoms with Gasteiger partial charge in [-0.05, 0) is 24.8 Å². The van der Waals surface area contributed by atoms with Gasteiger partial charge in [-0.3, -0.25) is 4.79 Å². The normalized spacial score (nSPS) is 16.1. The molecule has 0 aromatic carbocycles. The summed E-state index contributed by atoms with van der Waals surface area (Å²) >= 11 is 0. The number of hydrogen-bond acceptors (Lipinski definition) is 2. The van der Waals surface area contributed by atoms with E-state index in [1.165, 1.54) is 0 Å². The zero-order valence-electron chi connectivity index (χ0n) is 8.08. The molecule has 0 bridgehead atoms. The molecular weight excluding hydrogens is 154 g/mol. The zero-order chi connectivity index (χ0) is 9.72. The van der Waals surface area contributed by atoms with Crippen LogP contribution in [0, 0.1) is 17.8 Å². The van der Waals surface area contributed by atoms with Gasteiger partial charge < -0.3 is 10.8 Å². The van der Waals surface area contributed by atoms with E-state index >= 15 is 0 Å². The molecular formula is C9H19NO2. The van der Waals surface area contributed by atoms with Gasteiger partial charge >= 0.3 is 5.97 Å². The molecule has 0 heterocycles. The quantitative estimate of drug-likeness (QED) is 0.659. The molecule has 0 rings (SSSR count). The lowest BCUT2D eigenvalue weighted by molar-refractivity contribution is -0.143. The second kappa shape index (κ2) is 5.14. The third-order valence-corrected chi connectivity index (χ3v) is 2.17. The van der Waals surface area contributed by atoms with Crippen molar-refractivity contribution in [3.05, 3.63) is 0 Å². The molecule has 0 unspecified atom stereocenters. The predicted octanol–water partition coefficient (Wildman–Crippen LogP) is 1.33. The number of rotatable bonds is 5. The molecule has 0 radical (unpaired) electrons. The van der Waals surface area contributed by atoms with E-state index in [2.05, 4.69) is 13.8 Å². The monoisotopic (exact) mass is 173 g/mol. The van der Waals surface area contributed by atoms with Gasteiger partial charge in [0.1, 0.15) is 0 Å². The summed E-state index contributed by atoms with van der Waals surface area (Å²) in [6, 6.07) is 0. The molecule has 3 heteroatoms. The lowest BCUT2D eigenvalue weighted by Gasteiger charge is -2.20. The molecule has 72 valence electrons. The van der Waals surface area contributed by atoms with E-state index in [1.807, 2.05) is 0 Å². The molecule has 0 amide bonds. The smallest absolute Gasteiger partial charge is 0.306 e. The van der Waals surface area contributed by atoms with Crippen LogP contribution in [0.5, 0.6) is 0 Å². The van der Waals surface area contributed by atoms with Gasteiger partial charge in [-0.2, -0.15) is 0 Å². The van der Waals surface area contributed by atoms with Gasteiger partial charge in [0.05, 0.1) is 5.92 Å². The molecule has 3 N–H and O–H groups in total. The maximum Gasteiger partial charge on any atom is 0.306 e. The number of hydrogen-bond donors (Lipinski definition) is 2. The summed E-state index contributed by atoms with van der Waals surface area (Å²) in [5.41, 5.74) is 5.50. The standard InChI is InChI=1S/C9H19NO2/c1-6(2)4-8(5-10)7(3)9(11)12/h6-8H,4-5,10H2,1-3H3,(H,11,12)/t7-,8-/m0/s1. The Morgan fingerprint density at radius 1 is 1.42 bits per heavy atom. The van der Waals surface area contributed by atoms with Crippen LogP contribution in [-0.4, -0.2) is 17.6 Å². The van der Waals surface area contributed by atoms with Crippen LogP contribution in [0.25, 0.3) is 0 Å². The van der Waals surface area contributed by atoms with Crippen LogP contribution >= 0.6 is 0 Å². The van der Waals surface area contributed by atoms with Gasteiger partial charge in [-0.1, -0.05) is 20.8 Å². The lowest BCUT2D eigenvalue weighted by atomic mass is 9.87. The molecule has 0 aliphatic rings. The topological polar surface area (TPSA) is 63.3 Å². The third-order valence-electron chi connectivity index (χ3n) is 2.17. The van der Waals surface area contributed by atoms with E-state index in [-0.39, 0.29) is 11.8 Å². The highest BCUT2D eigenvalue weighted by atomic mass is 16.4. The van der Waals surface area contributed by atoms with Crippen LogP contribution in [0.15, 0.2) is 0 Å². The minimum absolute atomic E-state index is 0.113. The fraction of sp³-hybridized carbons (Fsp3) is 0.889. The largest absolute Gasteiger partial charge is 0.481 e. The van der Waals surface area contributed by atoms with Crippen molar-refractivity contribution in [3.63, 3.8) is 0 Å². The Hall–Kier alpha value is -0.570. The second-order valence-corrected chi connectivity index (χ2v) is 3.75. The van der Waals surface area contributed by atoms with Crippen LogP contribution in [0.1, 0.15) is 27.2 Å². The molecule has 2 atom stereocenters. The highest BCUT2D eigenvalue weighted by molar-refractivity contribution is 5.69. The Balaban J connectivity index is 4.05. The second-order valence-electron chi connectivity index (χ2n) is 3.75. The molecule has 0 spiro atoms. The first-order valence-electron chi connectivity index (χ1n) is 4.41. The summed E-state index contributed by atoms with van der Waals surface area (Å²) in [5, 5.41) is 8.74. The fourth-order valence-electron chi connectivity index (χ4n) is 1.31. The molecule has 0 saturated carbocycles. The van der Waals surface area contributed by atoms with Gasteiger partial charge in [0.2, 0.25) is 0 Å². The Kier molecular flexibility index (Phi) is 4.90. The molecule has 0 aliphatic carbocycles. The number of carboxylic acid groups (broad SMARTS) is 1. The van der Waals surface area contributed by atoms with Crippen LogP contribution in [0.2, 0.25) is 0 Å². The maximum atomic E-state index is 10.6. The predicted molar refractivity (Wildman–Crippen MR) is 48.8 cm³/mol. The van der Waals surface area contributed by atoms with Crippen molar-refractivity contribution in [2.75, 3.05) is 6.54 Å². The molecule has 0 aromatic rings. The average Bonchev–Trinajstić information content (AvgIpc) is 1.98. The summed E-state index contributed by atoms with van der Waals surface area (Å²) in [6.07, 6.45) is 0.893. The highest BCUT2D eigenvalue weighted by Gasteiger charge is 2.22. The van der Waals surface area contributed by atoms with Crippen LogP contribution in [-0.2, 0) is 4.79 Å². The molecule has 3 nitrogen and oxygen atoms in total. The Morgan fingerprint density at radius 2 is 1.92 bits per heavy atom. The fourth-order valence-corrected chi connectivity index (χ4v) is 1.31.